The normalized spacial score (nSPS) is 12.0. The van der Waals surface area contributed by atoms with Crippen LogP contribution in [-0.2, 0) is 18.7 Å². The van der Waals surface area contributed by atoms with Gasteiger partial charge in [0.2, 0.25) is 0 Å². The monoisotopic (exact) mass is 357 g/mol. The van der Waals surface area contributed by atoms with Gasteiger partial charge in [-0.1, -0.05) is 25.3 Å². The van der Waals surface area contributed by atoms with E-state index in [2.05, 4.69) is 31.9 Å². The summed E-state index contributed by atoms with van der Waals surface area (Å²) in [6, 6.07) is 10.4. The minimum Gasteiger partial charge on any atom is -0.461 e. The van der Waals surface area contributed by atoms with Crippen LogP contribution in [0.1, 0.15) is 44.8 Å². The molecule has 4 heteroatoms. The van der Waals surface area contributed by atoms with Crippen molar-refractivity contribution >= 4 is 0 Å². The second-order valence-electron chi connectivity index (χ2n) is 7.16. The molecule has 0 saturated heterocycles. The highest BCUT2D eigenvalue weighted by Crippen LogP contribution is 2.36. The fourth-order valence-corrected chi connectivity index (χ4v) is 2.89. The van der Waals surface area contributed by atoms with Crippen molar-refractivity contribution in [3.8, 4) is 0 Å². The SMILES string of the molecule is C=C(C)C(O)(C(=C)C)c1ccc(CN(Cc2ccc(F)cc2)C(C)C)o1. The van der Waals surface area contributed by atoms with Gasteiger partial charge in [-0.2, -0.15) is 0 Å². The summed E-state index contributed by atoms with van der Waals surface area (Å²) in [6.07, 6.45) is 0. The van der Waals surface area contributed by atoms with Gasteiger partial charge in [-0.25, -0.2) is 4.39 Å². The first-order chi connectivity index (χ1) is 12.1. The molecule has 1 aromatic carbocycles. The molecule has 1 aromatic heterocycles. The number of aliphatic hydroxyl groups is 1. The summed E-state index contributed by atoms with van der Waals surface area (Å²) in [7, 11) is 0. The molecule has 0 atom stereocenters. The summed E-state index contributed by atoms with van der Waals surface area (Å²) in [6.45, 7) is 16.7. The summed E-state index contributed by atoms with van der Waals surface area (Å²) in [4.78, 5) is 2.22. The van der Waals surface area contributed by atoms with Crippen LogP contribution in [0.2, 0.25) is 0 Å². The van der Waals surface area contributed by atoms with E-state index in [4.69, 9.17) is 4.42 Å². The molecule has 0 aliphatic heterocycles. The van der Waals surface area contributed by atoms with E-state index in [-0.39, 0.29) is 11.9 Å². The number of hydrogen-bond acceptors (Lipinski definition) is 3. The van der Waals surface area contributed by atoms with Gasteiger partial charge in [-0.15, -0.1) is 0 Å². The quantitative estimate of drug-likeness (QED) is 0.662. The van der Waals surface area contributed by atoms with Crippen LogP contribution in [0.3, 0.4) is 0 Å². The summed E-state index contributed by atoms with van der Waals surface area (Å²) >= 11 is 0. The molecule has 2 rings (SSSR count). The molecule has 3 nitrogen and oxygen atoms in total. The Labute approximate surface area is 155 Å². The highest BCUT2D eigenvalue weighted by atomic mass is 19.1. The number of rotatable bonds is 8. The number of hydrogen-bond donors (Lipinski definition) is 1. The third kappa shape index (κ3) is 4.32. The Morgan fingerprint density at radius 2 is 1.65 bits per heavy atom. The van der Waals surface area contributed by atoms with Gasteiger partial charge in [0.05, 0.1) is 6.54 Å². The molecule has 0 unspecified atom stereocenters. The Morgan fingerprint density at radius 3 is 2.15 bits per heavy atom. The molecule has 0 saturated carbocycles. The molecule has 0 bridgehead atoms. The van der Waals surface area contributed by atoms with Crippen molar-refractivity contribution in [3.05, 3.63) is 83.6 Å². The summed E-state index contributed by atoms with van der Waals surface area (Å²) in [5.74, 6) is 0.939. The standard InChI is InChI=1S/C22H28FNO2/c1-15(2)22(25,16(3)4)21-12-11-20(26-21)14-24(17(5)6)13-18-7-9-19(23)10-8-18/h7-12,17,25H,1,3,13-14H2,2,4-6H3. The average Bonchev–Trinajstić information content (AvgIpc) is 3.03. The van der Waals surface area contributed by atoms with Crippen LogP contribution in [0.4, 0.5) is 4.39 Å². The minimum atomic E-state index is -1.36. The summed E-state index contributed by atoms with van der Waals surface area (Å²) in [5.41, 5.74) is 0.806. The fourth-order valence-electron chi connectivity index (χ4n) is 2.89. The third-order valence-corrected chi connectivity index (χ3v) is 4.64. The van der Waals surface area contributed by atoms with Crippen LogP contribution in [0.15, 0.2) is 65.1 Å². The fraction of sp³-hybridized carbons (Fsp3) is 0.364. The lowest BCUT2D eigenvalue weighted by molar-refractivity contribution is 0.0868. The number of halogens is 1. The van der Waals surface area contributed by atoms with E-state index in [1.54, 1.807) is 32.0 Å². The second-order valence-corrected chi connectivity index (χ2v) is 7.16. The van der Waals surface area contributed by atoms with Crippen molar-refractivity contribution in [3.63, 3.8) is 0 Å². The molecular formula is C22H28FNO2. The summed E-state index contributed by atoms with van der Waals surface area (Å²) in [5, 5.41) is 10.9. The predicted molar refractivity (Wildman–Crippen MR) is 103 cm³/mol. The van der Waals surface area contributed by atoms with Crippen molar-refractivity contribution in [2.24, 2.45) is 0 Å². The van der Waals surface area contributed by atoms with E-state index >= 15 is 0 Å². The molecule has 0 aliphatic rings. The van der Waals surface area contributed by atoms with E-state index in [1.165, 1.54) is 12.1 Å². The van der Waals surface area contributed by atoms with E-state index in [9.17, 15) is 9.50 Å². The Balaban J connectivity index is 2.20. The first-order valence-corrected chi connectivity index (χ1v) is 8.76. The largest absolute Gasteiger partial charge is 0.461 e. The van der Waals surface area contributed by atoms with Crippen molar-refractivity contribution < 1.29 is 13.9 Å². The molecule has 0 radical (unpaired) electrons. The Bertz CT molecular complexity index is 760. The molecule has 1 heterocycles. The predicted octanol–water partition coefficient (Wildman–Crippen LogP) is 5.17. The van der Waals surface area contributed by atoms with Crippen LogP contribution in [-0.4, -0.2) is 16.0 Å². The van der Waals surface area contributed by atoms with Crippen molar-refractivity contribution in [1.29, 1.82) is 0 Å². The highest BCUT2D eigenvalue weighted by Gasteiger charge is 2.35. The maximum absolute atomic E-state index is 13.1. The van der Waals surface area contributed by atoms with Crippen molar-refractivity contribution in [2.75, 3.05) is 0 Å². The maximum atomic E-state index is 13.1. The molecule has 26 heavy (non-hydrogen) atoms. The van der Waals surface area contributed by atoms with Gasteiger partial charge < -0.3 is 9.52 Å². The van der Waals surface area contributed by atoms with E-state index < -0.39 is 5.60 Å². The molecule has 1 N–H and O–H groups in total. The van der Waals surface area contributed by atoms with E-state index in [0.29, 0.717) is 30.0 Å². The van der Waals surface area contributed by atoms with Gasteiger partial charge in [-0.05, 0) is 68.7 Å². The van der Waals surface area contributed by atoms with Crippen LogP contribution < -0.4 is 0 Å². The first-order valence-electron chi connectivity index (χ1n) is 8.76. The van der Waals surface area contributed by atoms with Gasteiger partial charge in [0, 0.05) is 12.6 Å². The molecule has 0 spiro atoms. The highest BCUT2D eigenvalue weighted by molar-refractivity contribution is 5.35. The smallest absolute Gasteiger partial charge is 0.163 e. The van der Waals surface area contributed by atoms with Gasteiger partial charge in [-0.3, -0.25) is 4.90 Å². The number of furan rings is 1. The topological polar surface area (TPSA) is 36.6 Å². The zero-order valence-corrected chi connectivity index (χ0v) is 16.1. The van der Waals surface area contributed by atoms with Gasteiger partial charge in [0.25, 0.3) is 0 Å². The summed E-state index contributed by atoms with van der Waals surface area (Å²) < 4.78 is 19.0. The molecule has 140 valence electrons. The Kier molecular flexibility index (Phi) is 6.21. The lowest BCUT2D eigenvalue weighted by Gasteiger charge is -2.28. The van der Waals surface area contributed by atoms with Crippen LogP contribution in [0.25, 0.3) is 0 Å². The van der Waals surface area contributed by atoms with Gasteiger partial charge in [0.15, 0.2) is 5.60 Å². The third-order valence-electron chi connectivity index (χ3n) is 4.64. The number of nitrogens with zero attached hydrogens (tertiary/aromatic N) is 1. The molecule has 2 aromatic rings. The van der Waals surface area contributed by atoms with E-state index in [0.717, 1.165) is 11.3 Å². The molecular weight excluding hydrogens is 329 g/mol. The van der Waals surface area contributed by atoms with Gasteiger partial charge >= 0.3 is 0 Å². The molecule has 0 aliphatic carbocycles. The number of benzene rings is 1. The van der Waals surface area contributed by atoms with Crippen LogP contribution in [0.5, 0.6) is 0 Å². The van der Waals surface area contributed by atoms with Crippen LogP contribution >= 0.6 is 0 Å². The van der Waals surface area contributed by atoms with Gasteiger partial charge in [0.1, 0.15) is 17.3 Å². The Hall–Kier alpha value is -2.17. The van der Waals surface area contributed by atoms with Crippen LogP contribution in [0, 0.1) is 5.82 Å². The zero-order chi connectivity index (χ0) is 19.5. The molecule has 0 fully saturated rings. The minimum absolute atomic E-state index is 0.237. The average molecular weight is 357 g/mol. The maximum Gasteiger partial charge on any atom is 0.163 e. The second kappa shape index (κ2) is 8.02. The van der Waals surface area contributed by atoms with Crippen molar-refractivity contribution in [1.82, 2.24) is 4.90 Å². The lowest BCUT2D eigenvalue weighted by atomic mass is 9.87. The first kappa shape index (κ1) is 20.1. The zero-order valence-electron chi connectivity index (χ0n) is 16.1. The van der Waals surface area contributed by atoms with E-state index in [1.807, 2.05) is 6.07 Å². The Morgan fingerprint density at radius 1 is 1.08 bits per heavy atom. The lowest BCUT2D eigenvalue weighted by Crippen LogP contribution is -2.30. The molecule has 0 amide bonds. The van der Waals surface area contributed by atoms with Crippen molar-refractivity contribution in [2.45, 2.75) is 52.4 Å².